The van der Waals surface area contributed by atoms with Crippen molar-refractivity contribution < 1.29 is 0 Å². The molecule has 2 nitrogen and oxygen atoms in total. The van der Waals surface area contributed by atoms with E-state index in [0.29, 0.717) is 5.92 Å². The first-order chi connectivity index (χ1) is 28.3. The van der Waals surface area contributed by atoms with Crippen LogP contribution in [-0.4, -0.2) is 4.57 Å². The zero-order valence-electron chi connectivity index (χ0n) is 31.5. The maximum absolute atomic E-state index is 2.49. The summed E-state index contributed by atoms with van der Waals surface area (Å²) in [6.07, 6.45) is 9.92. The Morgan fingerprint density at radius 1 is 0.491 bits per heavy atom. The van der Waals surface area contributed by atoms with Crippen molar-refractivity contribution in [2.24, 2.45) is 0 Å². The fourth-order valence-corrected chi connectivity index (χ4v) is 9.74. The highest BCUT2D eigenvalue weighted by Crippen LogP contribution is 2.59. The number of hydrogen-bond donors (Lipinski definition) is 0. The van der Waals surface area contributed by atoms with Crippen LogP contribution in [0, 0.1) is 0 Å². The zero-order valence-corrected chi connectivity index (χ0v) is 31.5. The van der Waals surface area contributed by atoms with Crippen LogP contribution < -0.4 is 4.90 Å². The van der Waals surface area contributed by atoms with E-state index < -0.39 is 5.41 Å². The van der Waals surface area contributed by atoms with Crippen LogP contribution in [0.15, 0.2) is 224 Å². The number of rotatable bonds is 7. The molecule has 270 valence electrons. The summed E-state index contributed by atoms with van der Waals surface area (Å²) in [6.45, 7) is 0. The monoisotopic (exact) mass is 728 g/mol. The van der Waals surface area contributed by atoms with Gasteiger partial charge in [0, 0.05) is 39.3 Å². The Labute approximate surface area is 333 Å². The zero-order chi connectivity index (χ0) is 37.8. The average molecular weight is 729 g/mol. The van der Waals surface area contributed by atoms with Gasteiger partial charge in [-0.15, -0.1) is 0 Å². The van der Waals surface area contributed by atoms with Gasteiger partial charge in [0.25, 0.3) is 0 Å². The van der Waals surface area contributed by atoms with Crippen molar-refractivity contribution in [3.8, 4) is 16.8 Å². The van der Waals surface area contributed by atoms with Crippen molar-refractivity contribution in [3.63, 3.8) is 0 Å². The Morgan fingerprint density at radius 3 is 1.86 bits per heavy atom. The molecule has 1 aromatic heterocycles. The van der Waals surface area contributed by atoms with E-state index in [4.69, 9.17) is 0 Å². The lowest BCUT2D eigenvalue weighted by Gasteiger charge is -2.34. The first kappa shape index (κ1) is 33.2. The van der Waals surface area contributed by atoms with Crippen LogP contribution >= 0.6 is 0 Å². The summed E-state index contributed by atoms with van der Waals surface area (Å²) >= 11 is 0. The van der Waals surface area contributed by atoms with Crippen molar-refractivity contribution in [2.45, 2.75) is 17.8 Å². The van der Waals surface area contributed by atoms with Crippen molar-refractivity contribution in [3.05, 3.63) is 252 Å². The lowest BCUT2D eigenvalue weighted by Crippen LogP contribution is -2.28. The van der Waals surface area contributed by atoms with Gasteiger partial charge in [0.2, 0.25) is 0 Å². The largest absolute Gasteiger partial charge is 0.310 e. The quantitative estimate of drug-likeness (QED) is 0.159. The molecule has 2 aliphatic rings. The number of hydrogen-bond acceptors (Lipinski definition) is 1. The predicted octanol–water partition coefficient (Wildman–Crippen LogP) is 14.2. The summed E-state index contributed by atoms with van der Waals surface area (Å²) in [5.74, 6) is 0.376. The molecule has 0 N–H and O–H groups in total. The Bertz CT molecular complexity index is 2930. The Hall–Kier alpha value is -7.16. The molecule has 1 heterocycles. The Morgan fingerprint density at radius 2 is 1.12 bits per heavy atom. The number of nitrogens with zero attached hydrogens (tertiary/aromatic N) is 2. The van der Waals surface area contributed by atoms with Gasteiger partial charge in [-0.3, -0.25) is 0 Å². The molecule has 1 atom stereocenters. The van der Waals surface area contributed by atoms with Gasteiger partial charge >= 0.3 is 0 Å². The van der Waals surface area contributed by atoms with Crippen LogP contribution in [0.4, 0.5) is 17.1 Å². The van der Waals surface area contributed by atoms with Crippen LogP contribution in [0.2, 0.25) is 0 Å². The second-order valence-electron chi connectivity index (χ2n) is 15.2. The summed E-state index contributed by atoms with van der Waals surface area (Å²) in [6, 6.07) is 74.0. The van der Waals surface area contributed by atoms with Crippen molar-refractivity contribution in [1.82, 2.24) is 4.57 Å². The molecule has 0 aliphatic heterocycles. The molecule has 2 heteroatoms. The van der Waals surface area contributed by atoms with E-state index in [1.54, 1.807) is 0 Å². The second kappa shape index (κ2) is 13.5. The van der Waals surface area contributed by atoms with Crippen molar-refractivity contribution in [1.29, 1.82) is 0 Å². The van der Waals surface area contributed by atoms with Gasteiger partial charge < -0.3 is 9.47 Å². The second-order valence-corrected chi connectivity index (χ2v) is 15.2. The fourth-order valence-electron chi connectivity index (χ4n) is 9.74. The Balaban J connectivity index is 1.20. The lowest BCUT2D eigenvalue weighted by molar-refractivity contribution is 0.768. The van der Waals surface area contributed by atoms with Crippen LogP contribution in [0.5, 0.6) is 0 Å². The van der Waals surface area contributed by atoms with E-state index >= 15 is 0 Å². The summed E-state index contributed by atoms with van der Waals surface area (Å²) < 4.78 is 2.42. The third kappa shape index (κ3) is 5.18. The molecule has 57 heavy (non-hydrogen) atoms. The van der Waals surface area contributed by atoms with Gasteiger partial charge in [0.1, 0.15) is 0 Å². The SMILES string of the molecule is C1=CCC(c2ccc(N(c3ccc4c5ccccc5n(-c5ccccc5)c4c3)c3cccc4c3-c3ccccc3C4(c3ccccc3)c3ccccc3)cc2)C=C1. The van der Waals surface area contributed by atoms with Gasteiger partial charge in [-0.25, -0.2) is 0 Å². The minimum absolute atomic E-state index is 0.376. The minimum atomic E-state index is -0.496. The van der Waals surface area contributed by atoms with Crippen LogP contribution in [0.25, 0.3) is 38.6 Å². The molecule has 0 saturated carbocycles. The number of benzene rings is 8. The molecular weight excluding hydrogens is 689 g/mol. The van der Waals surface area contributed by atoms with Gasteiger partial charge in [-0.2, -0.15) is 0 Å². The first-order valence-electron chi connectivity index (χ1n) is 20.0. The number of allylic oxidation sites excluding steroid dienone is 4. The third-order valence-electron chi connectivity index (χ3n) is 12.2. The highest BCUT2D eigenvalue weighted by molar-refractivity contribution is 6.10. The first-order valence-corrected chi connectivity index (χ1v) is 20.0. The minimum Gasteiger partial charge on any atom is -0.310 e. The summed E-state index contributed by atoms with van der Waals surface area (Å²) in [4.78, 5) is 2.49. The number of para-hydroxylation sites is 2. The highest BCUT2D eigenvalue weighted by Gasteiger charge is 2.47. The third-order valence-corrected chi connectivity index (χ3v) is 12.2. The smallest absolute Gasteiger partial charge is 0.0714 e. The van der Waals surface area contributed by atoms with E-state index in [0.717, 1.165) is 29.2 Å². The predicted molar refractivity (Wildman–Crippen MR) is 238 cm³/mol. The van der Waals surface area contributed by atoms with Crippen LogP contribution in [0.1, 0.15) is 40.2 Å². The summed E-state index contributed by atoms with van der Waals surface area (Å²) in [5.41, 5.74) is 15.4. The average Bonchev–Trinajstić information content (AvgIpc) is 3.79. The highest BCUT2D eigenvalue weighted by atomic mass is 15.1. The molecule has 1 unspecified atom stereocenters. The molecule has 0 amide bonds. The Kier molecular flexibility index (Phi) is 7.89. The van der Waals surface area contributed by atoms with E-state index in [1.165, 1.54) is 60.8 Å². The van der Waals surface area contributed by atoms with Crippen LogP contribution in [0.3, 0.4) is 0 Å². The molecule has 0 spiro atoms. The van der Waals surface area contributed by atoms with E-state index in [2.05, 4.69) is 234 Å². The molecule has 0 saturated heterocycles. The molecule has 2 aliphatic carbocycles. The molecule has 11 rings (SSSR count). The number of aromatic nitrogens is 1. The molecule has 0 radical (unpaired) electrons. The maximum atomic E-state index is 2.49. The van der Waals surface area contributed by atoms with Gasteiger partial charge in [0.15, 0.2) is 0 Å². The van der Waals surface area contributed by atoms with Gasteiger partial charge in [-0.1, -0.05) is 176 Å². The van der Waals surface area contributed by atoms with Crippen molar-refractivity contribution >= 4 is 38.9 Å². The van der Waals surface area contributed by atoms with E-state index in [-0.39, 0.29) is 0 Å². The maximum Gasteiger partial charge on any atom is 0.0714 e. The fraction of sp³-hybridized carbons (Fsp3) is 0.0545. The molecule has 0 bridgehead atoms. The van der Waals surface area contributed by atoms with Gasteiger partial charge in [0.05, 0.1) is 22.1 Å². The van der Waals surface area contributed by atoms with E-state index in [1.807, 2.05) is 0 Å². The molecule has 9 aromatic rings. The van der Waals surface area contributed by atoms with Crippen LogP contribution in [-0.2, 0) is 5.41 Å². The molecule has 0 fully saturated rings. The molecular formula is C55H40N2. The standard InChI is InChI=1S/C55H40N2/c1-5-18-39(19-6-1)40-32-34-44(35-33-40)56(45-36-37-47-46-26-14-16-30-51(46)57(53(47)38-45)43-24-11-4-12-25-43)52-31-17-29-50-54(52)48-27-13-15-28-49(48)55(50,41-20-7-2-8-21-41)42-22-9-3-10-23-42/h1-18,20-39H,19H2. The number of fused-ring (bicyclic) bond motifs is 6. The van der Waals surface area contributed by atoms with E-state index in [9.17, 15) is 0 Å². The summed E-state index contributed by atoms with van der Waals surface area (Å²) in [5, 5.41) is 2.49. The number of anilines is 3. The lowest BCUT2D eigenvalue weighted by atomic mass is 9.68. The normalized spacial score (nSPS) is 15.1. The van der Waals surface area contributed by atoms with Crippen molar-refractivity contribution in [2.75, 3.05) is 4.90 Å². The topological polar surface area (TPSA) is 8.17 Å². The molecule has 8 aromatic carbocycles. The van der Waals surface area contributed by atoms with Gasteiger partial charge in [-0.05, 0) is 88.3 Å². The summed E-state index contributed by atoms with van der Waals surface area (Å²) in [7, 11) is 0.